The van der Waals surface area contributed by atoms with E-state index < -0.39 is 0 Å². The van der Waals surface area contributed by atoms with Crippen LogP contribution in [0.3, 0.4) is 0 Å². The topological polar surface area (TPSA) is 71.3 Å². The number of hydrogen-bond donors (Lipinski definition) is 1. The normalized spacial score (nSPS) is 25.2. The van der Waals surface area contributed by atoms with Gasteiger partial charge >= 0.3 is 0 Å². The number of rotatable bonds is 5. The number of pyridine rings is 1. The van der Waals surface area contributed by atoms with Crippen LogP contribution in [-0.2, 0) is 6.54 Å². The highest BCUT2D eigenvalue weighted by atomic mass is 16.6. The zero-order valence-electron chi connectivity index (χ0n) is 15.0. The molecule has 1 aromatic carbocycles. The van der Waals surface area contributed by atoms with Crippen molar-refractivity contribution in [2.24, 2.45) is 0 Å². The Morgan fingerprint density at radius 3 is 2.54 bits per heavy atom. The van der Waals surface area contributed by atoms with Gasteiger partial charge in [0.1, 0.15) is 12.0 Å². The molecule has 0 radical (unpaired) electrons. The molecule has 6 nitrogen and oxygen atoms in total. The number of nitrogens with zero attached hydrogens (tertiary/aromatic N) is 3. The van der Waals surface area contributed by atoms with Gasteiger partial charge in [-0.1, -0.05) is 30.3 Å². The quantitative estimate of drug-likeness (QED) is 0.652. The van der Waals surface area contributed by atoms with Crippen LogP contribution in [0.15, 0.2) is 42.6 Å². The van der Waals surface area contributed by atoms with Gasteiger partial charge in [0, 0.05) is 30.2 Å². The highest BCUT2D eigenvalue weighted by Crippen LogP contribution is 2.37. The van der Waals surface area contributed by atoms with Crippen molar-refractivity contribution in [3.63, 3.8) is 0 Å². The summed E-state index contributed by atoms with van der Waals surface area (Å²) >= 11 is 0. The number of anilines is 1. The van der Waals surface area contributed by atoms with Crippen molar-refractivity contribution < 1.29 is 4.92 Å². The molecule has 3 heterocycles. The second-order valence-corrected chi connectivity index (χ2v) is 7.47. The highest BCUT2D eigenvalue weighted by molar-refractivity contribution is 5.47. The van der Waals surface area contributed by atoms with Crippen molar-refractivity contribution in [2.75, 3.05) is 5.32 Å². The molecule has 26 heavy (non-hydrogen) atoms. The Kier molecular flexibility index (Phi) is 4.59. The number of hydrogen-bond acceptors (Lipinski definition) is 5. The van der Waals surface area contributed by atoms with Gasteiger partial charge in [0.05, 0.1) is 4.92 Å². The first-order valence-corrected chi connectivity index (χ1v) is 9.27. The van der Waals surface area contributed by atoms with Crippen molar-refractivity contribution in [2.45, 2.75) is 57.3 Å². The van der Waals surface area contributed by atoms with E-state index in [1.165, 1.54) is 24.6 Å². The standard InChI is InChI=1S/C20H24N4O2/c1-14-9-20(21-12-19(14)24(25)26)22-16-10-17-7-8-18(11-16)23(17)13-15-5-3-2-4-6-15/h2-6,9,12,16-18H,7-8,10-11,13H2,1H3,(H,21,22). The Bertz CT molecular complexity index is 782. The predicted molar refractivity (Wildman–Crippen MR) is 101 cm³/mol. The molecule has 2 atom stereocenters. The van der Waals surface area contributed by atoms with Crippen molar-refractivity contribution in [3.8, 4) is 0 Å². The number of nitrogens with one attached hydrogen (secondary N) is 1. The predicted octanol–water partition coefficient (Wildman–Crippen LogP) is 3.91. The number of nitro groups is 1. The third-order valence-corrected chi connectivity index (χ3v) is 5.72. The summed E-state index contributed by atoms with van der Waals surface area (Å²) in [6.45, 7) is 2.79. The zero-order valence-corrected chi connectivity index (χ0v) is 15.0. The molecule has 1 aromatic heterocycles. The summed E-state index contributed by atoms with van der Waals surface area (Å²) in [5.41, 5.74) is 2.11. The molecule has 0 saturated carbocycles. The van der Waals surface area contributed by atoms with Crippen LogP contribution in [0.4, 0.5) is 11.5 Å². The maximum atomic E-state index is 10.9. The molecule has 6 heteroatoms. The molecule has 2 aliphatic rings. The van der Waals surface area contributed by atoms with E-state index in [1.807, 2.05) is 0 Å². The average molecular weight is 352 g/mol. The molecular weight excluding hydrogens is 328 g/mol. The first-order chi connectivity index (χ1) is 12.6. The minimum Gasteiger partial charge on any atom is -0.367 e. The molecule has 0 amide bonds. The van der Waals surface area contributed by atoms with Gasteiger partial charge in [-0.15, -0.1) is 0 Å². The van der Waals surface area contributed by atoms with E-state index in [0.717, 1.165) is 25.2 Å². The Hall–Kier alpha value is -2.47. The van der Waals surface area contributed by atoms with Crippen molar-refractivity contribution >= 4 is 11.5 Å². The van der Waals surface area contributed by atoms with Crippen molar-refractivity contribution in [1.29, 1.82) is 0 Å². The Morgan fingerprint density at radius 1 is 1.23 bits per heavy atom. The van der Waals surface area contributed by atoms with E-state index in [0.29, 0.717) is 23.7 Å². The fourth-order valence-electron chi connectivity index (χ4n) is 4.47. The molecule has 2 saturated heterocycles. The summed E-state index contributed by atoms with van der Waals surface area (Å²) < 4.78 is 0. The zero-order chi connectivity index (χ0) is 18.1. The van der Waals surface area contributed by atoms with Crippen LogP contribution in [0.5, 0.6) is 0 Å². The van der Waals surface area contributed by atoms with Crippen LogP contribution in [0, 0.1) is 17.0 Å². The van der Waals surface area contributed by atoms with Crippen LogP contribution in [0.25, 0.3) is 0 Å². The number of aryl methyl sites for hydroxylation is 1. The van der Waals surface area contributed by atoms with Gasteiger partial charge in [0.25, 0.3) is 5.69 Å². The minimum absolute atomic E-state index is 0.0771. The fraction of sp³-hybridized carbons (Fsp3) is 0.450. The van der Waals surface area contributed by atoms with Gasteiger partial charge in [-0.3, -0.25) is 15.0 Å². The molecule has 2 aromatic rings. The smallest absolute Gasteiger partial charge is 0.290 e. The first kappa shape index (κ1) is 17.0. The average Bonchev–Trinajstić information content (AvgIpc) is 2.85. The molecule has 0 spiro atoms. The van der Waals surface area contributed by atoms with Gasteiger partial charge in [-0.25, -0.2) is 4.98 Å². The highest BCUT2D eigenvalue weighted by Gasteiger charge is 2.40. The van der Waals surface area contributed by atoms with Crippen LogP contribution in [0.2, 0.25) is 0 Å². The van der Waals surface area contributed by atoms with Crippen molar-refractivity contribution in [3.05, 3.63) is 63.8 Å². The first-order valence-electron chi connectivity index (χ1n) is 9.27. The summed E-state index contributed by atoms with van der Waals surface area (Å²) in [5.74, 6) is 0.744. The van der Waals surface area contributed by atoms with Crippen LogP contribution < -0.4 is 5.32 Å². The van der Waals surface area contributed by atoms with E-state index in [9.17, 15) is 10.1 Å². The minimum atomic E-state index is -0.381. The molecule has 2 unspecified atom stereocenters. The summed E-state index contributed by atoms with van der Waals surface area (Å²) in [6.07, 6.45) is 6.06. The SMILES string of the molecule is Cc1cc(NC2CC3CCC(C2)N3Cc2ccccc2)ncc1[N+](=O)[O-]. The third kappa shape index (κ3) is 3.42. The van der Waals surface area contributed by atoms with Crippen LogP contribution in [0.1, 0.15) is 36.8 Å². The second kappa shape index (κ2) is 7.03. The van der Waals surface area contributed by atoms with Crippen LogP contribution in [-0.4, -0.2) is 32.9 Å². The summed E-state index contributed by atoms with van der Waals surface area (Å²) in [6, 6.07) is 14.1. The number of aromatic nitrogens is 1. The van der Waals surface area contributed by atoms with Gasteiger partial charge in [-0.2, -0.15) is 0 Å². The molecule has 136 valence electrons. The van der Waals surface area contributed by atoms with E-state index in [4.69, 9.17) is 0 Å². The van der Waals surface area contributed by atoms with E-state index >= 15 is 0 Å². The lowest BCUT2D eigenvalue weighted by molar-refractivity contribution is -0.385. The molecule has 4 rings (SSSR count). The summed E-state index contributed by atoms with van der Waals surface area (Å²) in [4.78, 5) is 17.5. The Balaban J connectivity index is 1.41. The summed E-state index contributed by atoms with van der Waals surface area (Å²) in [5, 5.41) is 14.5. The van der Waals surface area contributed by atoms with Gasteiger partial charge in [-0.05, 0) is 44.2 Å². The molecule has 2 fully saturated rings. The van der Waals surface area contributed by atoms with E-state index in [-0.39, 0.29) is 10.6 Å². The summed E-state index contributed by atoms with van der Waals surface area (Å²) in [7, 11) is 0. The maximum Gasteiger partial charge on any atom is 0.290 e. The number of benzene rings is 1. The lowest BCUT2D eigenvalue weighted by atomic mass is 9.96. The monoisotopic (exact) mass is 352 g/mol. The fourth-order valence-corrected chi connectivity index (χ4v) is 4.47. The van der Waals surface area contributed by atoms with Gasteiger partial charge < -0.3 is 5.32 Å². The van der Waals surface area contributed by atoms with Gasteiger partial charge in [0.2, 0.25) is 0 Å². The number of piperidine rings is 1. The van der Waals surface area contributed by atoms with Crippen LogP contribution >= 0.6 is 0 Å². The Labute approximate surface area is 153 Å². The van der Waals surface area contributed by atoms with Gasteiger partial charge in [0.15, 0.2) is 0 Å². The lowest BCUT2D eigenvalue weighted by Gasteiger charge is -2.39. The molecule has 2 aliphatic heterocycles. The number of fused-ring (bicyclic) bond motifs is 2. The third-order valence-electron chi connectivity index (χ3n) is 5.72. The Morgan fingerprint density at radius 2 is 1.92 bits per heavy atom. The van der Waals surface area contributed by atoms with E-state index in [1.54, 1.807) is 13.0 Å². The molecule has 1 N–H and O–H groups in total. The van der Waals surface area contributed by atoms with E-state index in [2.05, 4.69) is 45.5 Å². The molecule has 2 bridgehead atoms. The molecular formula is C20H24N4O2. The molecule has 0 aliphatic carbocycles. The largest absolute Gasteiger partial charge is 0.367 e. The maximum absolute atomic E-state index is 10.9. The van der Waals surface area contributed by atoms with Crippen molar-refractivity contribution in [1.82, 2.24) is 9.88 Å². The second-order valence-electron chi connectivity index (χ2n) is 7.47. The lowest BCUT2D eigenvalue weighted by Crippen LogP contribution is -2.46.